The van der Waals surface area contributed by atoms with Gasteiger partial charge in [-0.25, -0.2) is 0 Å². The van der Waals surface area contributed by atoms with Crippen molar-refractivity contribution < 1.29 is 18.9 Å². The lowest BCUT2D eigenvalue weighted by molar-refractivity contribution is -0.902. The standard InChI is InChI=1S/C27H20N4O2/c1-18-8-5-14-23-25(18)32-27-30(21-11-3-2-4-12-21)29-24-15-7-10-20(26(24)33-27)16-19-9-6-13-22(17-19)31(27)28-23/h2-15,17H,16H2,1H3/q+2/t27-/m1/s1. The first-order valence-corrected chi connectivity index (χ1v) is 11.0. The summed E-state index contributed by atoms with van der Waals surface area (Å²) in [6, 6.07) is 28.8. The van der Waals surface area contributed by atoms with Crippen molar-refractivity contribution in [3.8, 4) is 11.5 Å². The molecule has 0 saturated heterocycles. The Balaban J connectivity index is 1.62. The molecule has 0 aliphatic carbocycles. The van der Waals surface area contributed by atoms with Crippen molar-refractivity contribution >= 4 is 22.7 Å². The quantitative estimate of drug-likeness (QED) is 0.309. The molecule has 0 radical (unpaired) electrons. The van der Waals surface area contributed by atoms with Crippen LogP contribution < -0.4 is 9.47 Å². The van der Waals surface area contributed by atoms with Gasteiger partial charge in [0.25, 0.3) is 0 Å². The Hall–Kier alpha value is -4.32. The lowest BCUT2D eigenvalue weighted by Crippen LogP contribution is -2.59. The highest BCUT2D eigenvalue weighted by atomic mass is 16.8. The van der Waals surface area contributed by atoms with Gasteiger partial charge in [0.2, 0.25) is 11.4 Å². The summed E-state index contributed by atoms with van der Waals surface area (Å²) in [7, 11) is 0. The van der Waals surface area contributed by atoms with Gasteiger partial charge in [0.15, 0.2) is 22.9 Å². The molecule has 3 aliphatic heterocycles. The monoisotopic (exact) mass is 432 g/mol. The number of azo groups is 4. The van der Waals surface area contributed by atoms with Crippen molar-refractivity contribution in [1.82, 2.24) is 0 Å². The summed E-state index contributed by atoms with van der Waals surface area (Å²) in [5.41, 5.74) is 6.42. The third kappa shape index (κ3) is 2.61. The zero-order valence-corrected chi connectivity index (χ0v) is 18.0. The van der Waals surface area contributed by atoms with E-state index in [9.17, 15) is 0 Å². The van der Waals surface area contributed by atoms with Gasteiger partial charge in [0.05, 0.1) is 9.39 Å². The lowest BCUT2D eigenvalue weighted by atomic mass is 10.0. The van der Waals surface area contributed by atoms with Crippen LogP contribution in [0.3, 0.4) is 0 Å². The Morgan fingerprint density at radius 2 is 1.36 bits per heavy atom. The lowest BCUT2D eigenvalue weighted by Gasteiger charge is -2.28. The SMILES string of the molecule is Cc1cccc2c1O[C@@]13Oc4c(cccc4N=[N+]1c1ccccc1)Cc1cccc(c1)[N+]3=N2. The number of nitrogens with zero attached hydrogens (tertiary/aromatic N) is 4. The van der Waals surface area contributed by atoms with E-state index in [0.717, 1.165) is 40.3 Å². The highest BCUT2D eigenvalue weighted by Crippen LogP contribution is 2.49. The van der Waals surface area contributed by atoms with Crippen molar-refractivity contribution in [2.45, 2.75) is 19.4 Å². The summed E-state index contributed by atoms with van der Waals surface area (Å²) in [4.78, 5) is 0. The van der Waals surface area contributed by atoms with Crippen molar-refractivity contribution in [1.29, 1.82) is 0 Å². The maximum atomic E-state index is 6.85. The average molecular weight is 432 g/mol. The zero-order chi connectivity index (χ0) is 22.0. The van der Waals surface area contributed by atoms with Gasteiger partial charge in [0, 0.05) is 46.5 Å². The molecular formula is C27H20N4O2+2. The molecule has 7 rings (SSSR count). The van der Waals surface area contributed by atoms with Gasteiger partial charge in [0.1, 0.15) is 0 Å². The van der Waals surface area contributed by atoms with Gasteiger partial charge in [-0.2, -0.15) is 0 Å². The first kappa shape index (κ1) is 18.3. The zero-order valence-electron chi connectivity index (χ0n) is 18.0. The van der Waals surface area contributed by atoms with E-state index in [1.54, 1.807) is 9.39 Å². The van der Waals surface area contributed by atoms with Crippen LogP contribution in [-0.2, 0) is 6.42 Å². The summed E-state index contributed by atoms with van der Waals surface area (Å²) in [6.07, 6.45) is 0.730. The minimum atomic E-state index is -1.47. The Morgan fingerprint density at radius 1 is 0.697 bits per heavy atom. The molecule has 4 aromatic carbocycles. The fraction of sp³-hybridized carbons (Fsp3) is 0.111. The van der Waals surface area contributed by atoms with Crippen molar-refractivity contribution in [2.24, 2.45) is 10.2 Å². The molecular weight excluding hydrogens is 412 g/mol. The maximum absolute atomic E-state index is 6.85. The minimum absolute atomic E-state index is 0.682. The predicted molar refractivity (Wildman–Crippen MR) is 121 cm³/mol. The van der Waals surface area contributed by atoms with Crippen LogP contribution in [0.5, 0.6) is 11.5 Å². The summed E-state index contributed by atoms with van der Waals surface area (Å²) in [5.74, 6) is 1.39. The number of rotatable bonds is 1. The van der Waals surface area contributed by atoms with Crippen molar-refractivity contribution in [2.75, 3.05) is 0 Å². The number of fused-ring (bicyclic) bond motifs is 4. The number of para-hydroxylation sites is 3. The van der Waals surface area contributed by atoms with Crippen LogP contribution in [0.25, 0.3) is 0 Å². The highest BCUT2D eigenvalue weighted by Gasteiger charge is 2.71. The first-order chi connectivity index (χ1) is 16.2. The smallest absolute Gasteiger partial charge is 0.334 e. The molecule has 0 saturated carbocycles. The molecule has 6 nitrogen and oxygen atoms in total. The van der Waals surface area contributed by atoms with E-state index in [2.05, 4.69) is 18.2 Å². The molecule has 4 aromatic rings. The van der Waals surface area contributed by atoms with E-state index in [-0.39, 0.29) is 0 Å². The molecule has 158 valence electrons. The number of hydrogen-bond donors (Lipinski definition) is 0. The van der Waals surface area contributed by atoms with Crippen LogP contribution >= 0.6 is 0 Å². The highest BCUT2D eigenvalue weighted by molar-refractivity contribution is 5.59. The second-order valence-electron chi connectivity index (χ2n) is 8.45. The van der Waals surface area contributed by atoms with E-state index < -0.39 is 6.03 Å². The summed E-state index contributed by atoms with van der Waals surface area (Å²) in [6.45, 7) is 2.02. The molecule has 3 aliphatic rings. The molecule has 33 heavy (non-hydrogen) atoms. The maximum Gasteiger partial charge on any atom is 0.762 e. The Bertz CT molecular complexity index is 1510. The number of ether oxygens (including phenoxy) is 2. The third-order valence-electron chi connectivity index (χ3n) is 6.24. The largest absolute Gasteiger partial charge is 0.762 e. The Morgan fingerprint density at radius 3 is 2.21 bits per heavy atom. The van der Waals surface area contributed by atoms with Gasteiger partial charge in [-0.05, 0) is 30.2 Å². The molecule has 1 spiro atoms. The molecule has 3 heterocycles. The van der Waals surface area contributed by atoms with Gasteiger partial charge < -0.3 is 9.47 Å². The molecule has 0 fully saturated rings. The fourth-order valence-electron chi connectivity index (χ4n) is 4.68. The van der Waals surface area contributed by atoms with Gasteiger partial charge in [-0.15, -0.1) is 0 Å². The third-order valence-corrected chi connectivity index (χ3v) is 6.24. The van der Waals surface area contributed by atoms with Crippen LogP contribution in [-0.4, -0.2) is 15.4 Å². The predicted octanol–water partition coefficient (Wildman–Crippen LogP) is 6.85. The number of benzene rings is 4. The van der Waals surface area contributed by atoms with Crippen molar-refractivity contribution in [3.63, 3.8) is 0 Å². The van der Waals surface area contributed by atoms with E-state index >= 15 is 0 Å². The van der Waals surface area contributed by atoms with E-state index in [0.29, 0.717) is 11.5 Å². The van der Waals surface area contributed by atoms with Gasteiger partial charge >= 0.3 is 6.03 Å². The van der Waals surface area contributed by atoms with E-state index in [1.807, 2.05) is 79.7 Å². The molecule has 0 N–H and O–H groups in total. The molecule has 0 amide bonds. The topological polar surface area (TPSA) is 49.2 Å². The summed E-state index contributed by atoms with van der Waals surface area (Å²) >= 11 is 0. The second-order valence-corrected chi connectivity index (χ2v) is 8.45. The van der Waals surface area contributed by atoms with E-state index in [4.69, 9.17) is 19.7 Å². The van der Waals surface area contributed by atoms with Gasteiger partial charge in [-0.1, -0.05) is 54.6 Å². The van der Waals surface area contributed by atoms with Crippen molar-refractivity contribution in [3.05, 3.63) is 108 Å². The Kier molecular flexibility index (Phi) is 3.65. The number of hydrogen-bond acceptors (Lipinski definition) is 4. The van der Waals surface area contributed by atoms with Crippen LogP contribution in [0.4, 0.5) is 22.7 Å². The van der Waals surface area contributed by atoms with Crippen LogP contribution in [0, 0.1) is 6.92 Å². The summed E-state index contributed by atoms with van der Waals surface area (Å²) < 4.78 is 17.2. The van der Waals surface area contributed by atoms with Crippen LogP contribution in [0.2, 0.25) is 0 Å². The van der Waals surface area contributed by atoms with Crippen LogP contribution in [0.15, 0.2) is 101 Å². The Labute approximate surface area is 190 Å². The average Bonchev–Trinajstić information content (AvgIpc) is 2.88. The van der Waals surface area contributed by atoms with Crippen LogP contribution in [0.1, 0.15) is 16.7 Å². The minimum Gasteiger partial charge on any atom is -0.334 e. The molecule has 1 atom stereocenters. The second kappa shape index (κ2) is 6.59. The van der Waals surface area contributed by atoms with Gasteiger partial charge in [-0.3, -0.25) is 0 Å². The fourth-order valence-corrected chi connectivity index (χ4v) is 4.68. The van der Waals surface area contributed by atoms with E-state index in [1.165, 1.54) is 5.56 Å². The normalized spacial score (nSPS) is 19.3. The summed E-state index contributed by atoms with van der Waals surface area (Å²) in [5, 5.41) is 10.1. The molecule has 4 bridgehead atoms. The molecule has 0 aromatic heterocycles. The molecule has 0 unspecified atom stereocenters. The molecule has 6 heteroatoms. The number of aryl methyl sites for hydroxylation is 1. The first-order valence-electron chi connectivity index (χ1n) is 11.0.